The number of amides is 3. The monoisotopic (exact) mass is 429 g/mol. The Labute approximate surface area is 183 Å². The molecule has 0 unspecified atom stereocenters. The van der Waals surface area contributed by atoms with E-state index in [1.807, 2.05) is 6.07 Å². The van der Waals surface area contributed by atoms with E-state index in [0.717, 1.165) is 10.5 Å². The summed E-state index contributed by atoms with van der Waals surface area (Å²) in [6.45, 7) is 1.60. The number of carbonyl (C=O) groups is 3. The highest BCUT2D eigenvalue weighted by Gasteiger charge is 2.42. The molecule has 32 heavy (non-hydrogen) atoms. The molecule has 0 fully saturated rings. The molecule has 3 aromatic carbocycles. The van der Waals surface area contributed by atoms with Crippen LogP contribution < -0.4 is 5.32 Å². The van der Waals surface area contributed by atoms with Gasteiger partial charge in [0.15, 0.2) is 0 Å². The van der Waals surface area contributed by atoms with Crippen molar-refractivity contribution >= 4 is 29.1 Å². The minimum atomic E-state index is -1.13. The third kappa shape index (κ3) is 3.85. The summed E-state index contributed by atoms with van der Waals surface area (Å²) in [6.07, 6.45) is 0.103. The van der Waals surface area contributed by atoms with E-state index in [0.29, 0.717) is 5.56 Å². The van der Waals surface area contributed by atoms with Gasteiger partial charge in [-0.2, -0.15) is 0 Å². The van der Waals surface area contributed by atoms with Crippen LogP contribution in [0.1, 0.15) is 31.8 Å². The van der Waals surface area contributed by atoms with E-state index >= 15 is 0 Å². The van der Waals surface area contributed by atoms with Crippen molar-refractivity contribution in [3.8, 4) is 0 Å². The van der Waals surface area contributed by atoms with E-state index < -0.39 is 28.7 Å². The number of benzene rings is 3. The maximum absolute atomic E-state index is 13.3. The number of imide groups is 1. The van der Waals surface area contributed by atoms with Crippen molar-refractivity contribution < 1.29 is 19.3 Å². The minimum Gasteiger partial charge on any atom is -0.324 e. The molecule has 1 atom stereocenters. The van der Waals surface area contributed by atoms with Crippen LogP contribution in [0.3, 0.4) is 0 Å². The predicted octanol–water partition coefficient (Wildman–Crippen LogP) is 3.75. The first-order valence-electron chi connectivity index (χ1n) is 9.93. The Morgan fingerprint density at radius 1 is 0.969 bits per heavy atom. The molecule has 0 saturated carbocycles. The number of nitro benzene ring substituents is 1. The molecule has 1 aliphatic heterocycles. The Morgan fingerprint density at radius 2 is 1.56 bits per heavy atom. The molecule has 4 rings (SSSR count). The summed E-state index contributed by atoms with van der Waals surface area (Å²) in [6, 6.07) is 18.6. The normalized spacial score (nSPS) is 13.6. The second kappa shape index (κ2) is 8.43. The molecule has 8 nitrogen and oxygen atoms in total. The molecular formula is C24H19N3O5. The number of nitrogens with zero attached hydrogens (tertiary/aromatic N) is 2. The van der Waals surface area contributed by atoms with Crippen LogP contribution in [-0.4, -0.2) is 33.6 Å². The van der Waals surface area contributed by atoms with Crippen LogP contribution in [0.2, 0.25) is 0 Å². The van der Waals surface area contributed by atoms with Crippen molar-refractivity contribution in [2.24, 2.45) is 0 Å². The van der Waals surface area contributed by atoms with Gasteiger partial charge in [-0.3, -0.25) is 29.4 Å². The zero-order chi connectivity index (χ0) is 22.8. The molecule has 1 aliphatic rings. The average Bonchev–Trinajstić information content (AvgIpc) is 3.04. The van der Waals surface area contributed by atoms with Crippen LogP contribution in [0, 0.1) is 17.0 Å². The zero-order valence-corrected chi connectivity index (χ0v) is 17.1. The lowest BCUT2D eigenvalue weighted by molar-refractivity contribution is -0.385. The second-order valence-corrected chi connectivity index (χ2v) is 7.48. The summed E-state index contributed by atoms with van der Waals surface area (Å²) in [5, 5.41) is 13.9. The zero-order valence-electron chi connectivity index (χ0n) is 17.1. The first-order valence-corrected chi connectivity index (χ1v) is 9.93. The lowest BCUT2D eigenvalue weighted by atomic mass is 10.0. The molecule has 160 valence electrons. The van der Waals surface area contributed by atoms with Crippen molar-refractivity contribution in [1.29, 1.82) is 0 Å². The van der Waals surface area contributed by atoms with E-state index in [4.69, 9.17) is 0 Å². The standard InChI is InChI=1S/C24H19N3O5/c1-15-11-12-17(14-20(15)27(31)32)25-22(28)21(13-16-7-3-2-4-8-16)26-23(29)18-9-5-6-10-19(18)24(26)30/h2-12,14,21H,13H2,1H3,(H,25,28)/t21-/m1/s1. The Hall–Kier alpha value is -4.33. The largest absolute Gasteiger partial charge is 0.324 e. The third-order valence-electron chi connectivity index (χ3n) is 5.39. The summed E-state index contributed by atoms with van der Waals surface area (Å²) < 4.78 is 0. The van der Waals surface area contributed by atoms with Crippen LogP contribution >= 0.6 is 0 Å². The molecule has 8 heteroatoms. The summed E-state index contributed by atoms with van der Waals surface area (Å²) in [5.74, 6) is -1.70. The minimum absolute atomic E-state index is 0.103. The summed E-state index contributed by atoms with van der Waals surface area (Å²) in [4.78, 5) is 51.0. The molecule has 0 bridgehead atoms. The summed E-state index contributed by atoms with van der Waals surface area (Å²) >= 11 is 0. The van der Waals surface area contributed by atoms with Crippen LogP contribution in [0.5, 0.6) is 0 Å². The fourth-order valence-electron chi connectivity index (χ4n) is 3.74. The number of fused-ring (bicyclic) bond motifs is 1. The van der Waals surface area contributed by atoms with Gasteiger partial charge < -0.3 is 5.32 Å². The van der Waals surface area contributed by atoms with E-state index in [1.54, 1.807) is 61.5 Å². The van der Waals surface area contributed by atoms with E-state index in [2.05, 4.69) is 5.32 Å². The van der Waals surface area contributed by atoms with Gasteiger partial charge in [-0.15, -0.1) is 0 Å². The average molecular weight is 429 g/mol. The van der Waals surface area contributed by atoms with Gasteiger partial charge in [-0.1, -0.05) is 48.5 Å². The van der Waals surface area contributed by atoms with Gasteiger partial charge in [0.2, 0.25) is 5.91 Å². The lowest BCUT2D eigenvalue weighted by Crippen LogP contribution is -2.48. The van der Waals surface area contributed by atoms with E-state index in [1.165, 1.54) is 12.1 Å². The summed E-state index contributed by atoms with van der Waals surface area (Å²) in [5.41, 5.74) is 1.78. The van der Waals surface area contributed by atoms with Crippen molar-refractivity contribution in [2.75, 3.05) is 5.32 Å². The van der Waals surface area contributed by atoms with Crippen LogP contribution in [0.4, 0.5) is 11.4 Å². The molecule has 0 spiro atoms. The first-order chi connectivity index (χ1) is 15.4. The number of hydrogen-bond donors (Lipinski definition) is 1. The highest BCUT2D eigenvalue weighted by molar-refractivity contribution is 6.23. The van der Waals surface area contributed by atoms with Gasteiger partial charge in [-0.05, 0) is 30.7 Å². The molecule has 0 aromatic heterocycles. The van der Waals surface area contributed by atoms with Crippen molar-refractivity contribution in [3.05, 3.63) is 105 Å². The molecule has 3 aromatic rings. The first kappa shape index (κ1) is 20.9. The highest BCUT2D eigenvalue weighted by Crippen LogP contribution is 2.27. The lowest BCUT2D eigenvalue weighted by Gasteiger charge is -2.25. The predicted molar refractivity (Wildman–Crippen MR) is 117 cm³/mol. The number of hydrogen-bond acceptors (Lipinski definition) is 5. The molecule has 0 saturated heterocycles. The fourth-order valence-corrected chi connectivity index (χ4v) is 3.74. The Bertz CT molecular complexity index is 1200. The smallest absolute Gasteiger partial charge is 0.274 e. The van der Waals surface area contributed by atoms with Crippen LogP contribution in [0.25, 0.3) is 0 Å². The van der Waals surface area contributed by atoms with Gasteiger partial charge in [0.05, 0.1) is 16.1 Å². The molecule has 1 N–H and O–H groups in total. The second-order valence-electron chi connectivity index (χ2n) is 7.48. The maximum Gasteiger partial charge on any atom is 0.274 e. The topological polar surface area (TPSA) is 110 Å². The molecule has 0 aliphatic carbocycles. The Balaban J connectivity index is 1.68. The highest BCUT2D eigenvalue weighted by atomic mass is 16.6. The number of carbonyl (C=O) groups excluding carboxylic acids is 3. The Kier molecular flexibility index (Phi) is 5.51. The number of nitrogens with one attached hydrogen (secondary N) is 1. The van der Waals surface area contributed by atoms with Gasteiger partial charge >= 0.3 is 0 Å². The quantitative estimate of drug-likeness (QED) is 0.365. The fraction of sp³-hybridized carbons (Fsp3) is 0.125. The third-order valence-corrected chi connectivity index (χ3v) is 5.39. The maximum atomic E-state index is 13.3. The van der Waals surface area contributed by atoms with E-state index in [-0.39, 0.29) is 28.9 Å². The van der Waals surface area contributed by atoms with Crippen molar-refractivity contribution in [2.45, 2.75) is 19.4 Å². The van der Waals surface area contributed by atoms with Gasteiger partial charge in [-0.25, -0.2) is 0 Å². The van der Waals surface area contributed by atoms with Gasteiger partial charge in [0, 0.05) is 23.7 Å². The van der Waals surface area contributed by atoms with Gasteiger partial charge in [0.25, 0.3) is 17.5 Å². The number of rotatable bonds is 6. The molecule has 1 heterocycles. The Morgan fingerprint density at radius 3 is 2.16 bits per heavy atom. The summed E-state index contributed by atoms with van der Waals surface area (Å²) in [7, 11) is 0. The molecule has 0 radical (unpaired) electrons. The van der Waals surface area contributed by atoms with E-state index in [9.17, 15) is 24.5 Å². The number of anilines is 1. The number of nitro groups is 1. The molecular weight excluding hydrogens is 410 g/mol. The SMILES string of the molecule is Cc1ccc(NC(=O)[C@@H](Cc2ccccc2)N2C(=O)c3ccccc3C2=O)cc1[N+](=O)[O-]. The van der Waals surface area contributed by atoms with Crippen molar-refractivity contribution in [1.82, 2.24) is 4.90 Å². The number of aryl methyl sites for hydroxylation is 1. The van der Waals surface area contributed by atoms with Crippen molar-refractivity contribution in [3.63, 3.8) is 0 Å². The molecule has 3 amide bonds. The van der Waals surface area contributed by atoms with Crippen LogP contribution in [0.15, 0.2) is 72.8 Å². The van der Waals surface area contributed by atoms with Gasteiger partial charge in [0.1, 0.15) is 6.04 Å². The van der Waals surface area contributed by atoms with Crippen LogP contribution in [-0.2, 0) is 11.2 Å².